The lowest BCUT2D eigenvalue weighted by molar-refractivity contribution is 0.0689. The van der Waals surface area contributed by atoms with Crippen molar-refractivity contribution in [3.05, 3.63) is 28.7 Å². The normalized spacial score (nSPS) is 18.3. The number of nitrogens with two attached hydrogens (primary N) is 1. The molecule has 6 nitrogen and oxygen atoms in total. The van der Waals surface area contributed by atoms with E-state index in [0.717, 1.165) is 12.8 Å². The van der Waals surface area contributed by atoms with Gasteiger partial charge in [0.05, 0.1) is 11.9 Å². The van der Waals surface area contributed by atoms with Crippen molar-refractivity contribution >= 4 is 17.6 Å². The Hall–Kier alpha value is -1.79. The Kier molecular flexibility index (Phi) is 2.83. The van der Waals surface area contributed by atoms with E-state index in [1.165, 1.54) is 0 Å². The first kappa shape index (κ1) is 12.3. The molecule has 0 fully saturated rings. The number of fused-ring (bicyclic) bond motifs is 1. The van der Waals surface area contributed by atoms with Crippen molar-refractivity contribution in [2.45, 2.75) is 25.4 Å². The second-order valence-electron chi connectivity index (χ2n) is 4.47. The standard InChI is InChI=1S/C12H12ClN3O3/c13-8-5-4-7(19-8)11-15-10(12(17)18)6-2-1-3-9(14)16(6)11/h4-5,9H,1-3,14H2,(H,17,18). The molecule has 3 rings (SSSR count). The highest BCUT2D eigenvalue weighted by atomic mass is 35.5. The number of hydrogen-bond donors (Lipinski definition) is 2. The van der Waals surface area contributed by atoms with E-state index >= 15 is 0 Å². The van der Waals surface area contributed by atoms with E-state index in [1.54, 1.807) is 16.7 Å². The molecule has 1 aliphatic rings. The number of furan rings is 1. The van der Waals surface area contributed by atoms with Gasteiger partial charge in [0.2, 0.25) is 0 Å². The van der Waals surface area contributed by atoms with E-state index < -0.39 is 5.97 Å². The zero-order chi connectivity index (χ0) is 13.6. The average Bonchev–Trinajstić information content (AvgIpc) is 2.93. The molecule has 100 valence electrons. The minimum atomic E-state index is -1.05. The fraction of sp³-hybridized carbons (Fsp3) is 0.333. The first-order chi connectivity index (χ1) is 9.08. The summed E-state index contributed by atoms with van der Waals surface area (Å²) in [5, 5.41) is 9.45. The maximum atomic E-state index is 11.3. The lowest BCUT2D eigenvalue weighted by Gasteiger charge is -2.23. The lowest BCUT2D eigenvalue weighted by Crippen LogP contribution is -2.26. The third-order valence-electron chi connectivity index (χ3n) is 3.25. The number of nitrogens with zero attached hydrogens (tertiary/aromatic N) is 2. The molecule has 0 saturated carbocycles. The van der Waals surface area contributed by atoms with Gasteiger partial charge in [-0.25, -0.2) is 9.78 Å². The second kappa shape index (κ2) is 4.40. The maximum absolute atomic E-state index is 11.3. The number of aromatic carboxylic acids is 1. The number of aromatic nitrogens is 2. The van der Waals surface area contributed by atoms with Gasteiger partial charge < -0.3 is 19.8 Å². The fourth-order valence-electron chi connectivity index (χ4n) is 2.45. The molecular weight excluding hydrogens is 270 g/mol. The van der Waals surface area contributed by atoms with Gasteiger partial charge >= 0.3 is 5.97 Å². The van der Waals surface area contributed by atoms with Crippen LogP contribution in [0.25, 0.3) is 11.6 Å². The molecule has 3 heterocycles. The molecule has 0 saturated heterocycles. The number of carbonyl (C=O) groups is 1. The Morgan fingerprint density at radius 3 is 3.00 bits per heavy atom. The third-order valence-corrected chi connectivity index (χ3v) is 3.45. The van der Waals surface area contributed by atoms with Crippen LogP contribution >= 0.6 is 11.6 Å². The minimum absolute atomic E-state index is 0.0395. The molecule has 1 aliphatic heterocycles. The molecule has 1 unspecified atom stereocenters. The maximum Gasteiger partial charge on any atom is 0.356 e. The Morgan fingerprint density at radius 2 is 2.37 bits per heavy atom. The van der Waals surface area contributed by atoms with Crippen LogP contribution in [-0.4, -0.2) is 20.6 Å². The number of carboxylic acid groups (broad SMARTS) is 1. The lowest BCUT2D eigenvalue weighted by atomic mass is 10.1. The highest BCUT2D eigenvalue weighted by Crippen LogP contribution is 2.32. The van der Waals surface area contributed by atoms with Crippen molar-refractivity contribution in [3.8, 4) is 11.6 Å². The molecule has 0 aromatic carbocycles. The average molecular weight is 282 g/mol. The van der Waals surface area contributed by atoms with Crippen LogP contribution in [0, 0.1) is 0 Å². The van der Waals surface area contributed by atoms with Gasteiger partial charge in [-0.2, -0.15) is 0 Å². The summed E-state index contributed by atoms with van der Waals surface area (Å²) < 4.78 is 7.05. The smallest absolute Gasteiger partial charge is 0.356 e. The van der Waals surface area contributed by atoms with Gasteiger partial charge in [0.1, 0.15) is 0 Å². The van der Waals surface area contributed by atoms with Crippen LogP contribution in [0.3, 0.4) is 0 Å². The van der Waals surface area contributed by atoms with Crippen LogP contribution < -0.4 is 5.73 Å². The number of rotatable bonds is 2. The fourth-order valence-corrected chi connectivity index (χ4v) is 2.60. The summed E-state index contributed by atoms with van der Waals surface area (Å²) in [6.07, 6.45) is 2.00. The molecule has 2 aromatic heterocycles. The molecule has 19 heavy (non-hydrogen) atoms. The predicted octanol–water partition coefficient (Wildman–Crippen LogP) is 2.29. The molecule has 3 N–H and O–H groups in total. The SMILES string of the molecule is NC1CCCc2c(C(=O)O)nc(-c3ccc(Cl)o3)n21. The van der Waals surface area contributed by atoms with Crippen molar-refractivity contribution in [2.75, 3.05) is 0 Å². The second-order valence-corrected chi connectivity index (χ2v) is 4.84. The topological polar surface area (TPSA) is 94.3 Å². The summed E-state index contributed by atoms with van der Waals surface area (Å²) in [5.74, 6) is -0.204. The van der Waals surface area contributed by atoms with E-state index in [4.69, 9.17) is 21.8 Å². The third kappa shape index (κ3) is 1.93. The van der Waals surface area contributed by atoms with Crippen molar-refractivity contribution in [2.24, 2.45) is 5.73 Å². The molecular formula is C12H12ClN3O3. The molecule has 1 atom stereocenters. The zero-order valence-corrected chi connectivity index (χ0v) is 10.7. The first-order valence-corrected chi connectivity index (χ1v) is 6.31. The Morgan fingerprint density at radius 1 is 1.58 bits per heavy atom. The predicted molar refractivity (Wildman–Crippen MR) is 68.1 cm³/mol. The number of hydrogen-bond acceptors (Lipinski definition) is 4. The van der Waals surface area contributed by atoms with Gasteiger partial charge in [0, 0.05) is 0 Å². The van der Waals surface area contributed by atoms with Crippen LogP contribution in [0.5, 0.6) is 0 Å². The zero-order valence-electron chi connectivity index (χ0n) is 9.97. The van der Waals surface area contributed by atoms with Crippen molar-refractivity contribution in [3.63, 3.8) is 0 Å². The van der Waals surface area contributed by atoms with Gasteiger partial charge in [-0.3, -0.25) is 0 Å². The largest absolute Gasteiger partial charge is 0.476 e. The summed E-state index contributed by atoms with van der Waals surface area (Å²) in [5.41, 5.74) is 6.75. The van der Waals surface area contributed by atoms with Gasteiger partial charge in [0.15, 0.2) is 22.5 Å². The summed E-state index contributed by atoms with van der Waals surface area (Å²) in [7, 11) is 0. The number of halogens is 1. The van der Waals surface area contributed by atoms with E-state index in [0.29, 0.717) is 23.7 Å². The molecule has 0 aliphatic carbocycles. The van der Waals surface area contributed by atoms with E-state index in [-0.39, 0.29) is 17.1 Å². The highest BCUT2D eigenvalue weighted by Gasteiger charge is 2.29. The molecule has 0 spiro atoms. The molecule has 7 heteroatoms. The van der Waals surface area contributed by atoms with Gasteiger partial charge in [-0.1, -0.05) is 0 Å². The van der Waals surface area contributed by atoms with Crippen LogP contribution in [0.2, 0.25) is 5.22 Å². The Bertz CT molecular complexity index is 647. The van der Waals surface area contributed by atoms with E-state index in [2.05, 4.69) is 4.98 Å². The van der Waals surface area contributed by atoms with Gasteiger partial charge in [-0.15, -0.1) is 0 Å². The Balaban J connectivity index is 2.22. The first-order valence-electron chi connectivity index (χ1n) is 5.93. The quantitative estimate of drug-likeness (QED) is 0.881. The van der Waals surface area contributed by atoms with Crippen molar-refractivity contribution in [1.82, 2.24) is 9.55 Å². The van der Waals surface area contributed by atoms with Crippen molar-refractivity contribution in [1.29, 1.82) is 0 Å². The van der Waals surface area contributed by atoms with E-state index in [9.17, 15) is 9.90 Å². The molecule has 0 radical (unpaired) electrons. The van der Waals surface area contributed by atoms with Gasteiger partial charge in [-0.05, 0) is 43.0 Å². The van der Waals surface area contributed by atoms with Crippen LogP contribution in [0.4, 0.5) is 0 Å². The summed E-state index contributed by atoms with van der Waals surface area (Å²) in [6.45, 7) is 0. The number of imidazole rings is 1. The van der Waals surface area contributed by atoms with Crippen LogP contribution in [0.1, 0.15) is 35.2 Å². The molecule has 0 amide bonds. The molecule has 0 bridgehead atoms. The van der Waals surface area contributed by atoms with Crippen LogP contribution in [0.15, 0.2) is 16.5 Å². The monoisotopic (exact) mass is 281 g/mol. The van der Waals surface area contributed by atoms with E-state index in [1.807, 2.05) is 0 Å². The highest BCUT2D eigenvalue weighted by molar-refractivity contribution is 6.28. The summed E-state index contributed by atoms with van der Waals surface area (Å²) in [4.78, 5) is 15.4. The van der Waals surface area contributed by atoms with Crippen molar-refractivity contribution < 1.29 is 14.3 Å². The molecule has 2 aromatic rings. The summed E-state index contributed by atoms with van der Waals surface area (Å²) >= 11 is 5.75. The van der Waals surface area contributed by atoms with Gasteiger partial charge in [0.25, 0.3) is 0 Å². The summed E-state index contributed by atoms with van der Waals surface area (Å²) in [6, 6.07) is 3.25. The number of carboxylic acids is 1. The Labute approximate surface area is 113 Å². The minimum Gasteiger partial charge on any atom is -0.476 e. The van der Waals surface area contributed by atoms with Crippen LogP contribution in [-0.2, 0) is 6.42 Å².